The van der Waals surface area contributed by atoms with Crippen molar-refractivity contribution in [3.05, 3.63) is 41.5 Å². The van der Waals surface area contributed by atoms with E-state index in [1.165, 1.54) is 43.2 Å². The zero-order chi connectivity index (χ0) is 14.7. The van der Waals surface area contributed by atoms with Crippen LogP contribution in [0.3, 0.4) is 0 Å². The van der Waals surface area contributed by atoms with Crippen LogP contribution in [0.15, 0.2) is 35.9 Å². The Morgan fingerprint density at radius 2 is 1.76 bits per heavy atom. The van der Waals surface area contributed by atoms with Crippen molar-refractivity contribution >= 4 is 11.4 Å². The molecule has 0 saturated heterocycles. The number of ketones is 1. The van der Waals surface area contributed by atoms with Gasteiger partial charge in [0.25, 0.3) is 0 Å². The molecule has 21 heavy (non-hydrogen) atoms. The molecule has 0 aliphatic heterocycles. The van der Waals surface area contributed by atoms with E-state index in [0.29, 0.717) is 11.7 Å². The summed E-state index contributed by atoms with van der Waals surface area (Å²) in [6, 6.07) is 10.6. The van der Waals surface area contributed by atoms with Crippen molar-refractivity contribution in [3.8, 4) is 0 Å². The Kier molecular flexibility index (Phi) is 4.57. The minimum Gasteiger partial charge on any atom is -0.294 e. The highest BCUT2D eigenvalue weighted by Crippen LogP contribution is 2.44. The molecule has 1 fully saturated rings. The number of Topliss-reactive ketones (excluding diaryl/α,β-unsaturated/α-hetero) is 1. The van der Waals surface area contributed by atoms with E-state index in [1.807, 2.05) is 0 Å². The first-order valence-corrected chi connectivity index (χ1v) is 8.63. The third kappa shape index (κ3) is 2.97. The number of hydrogen-bond donors (Lipinski definition) is 0. The fraction of sp³-hybridized carbons (Fsp3) is 0.550. The SMILES string of the molecule is CCCC1=C(c2ccccc2)CC(C2CCCCC2)C1=O. The number of allylic oxidation sites excluding steroid dienone is 2. The van der Waals surface area contributed by atoms with Crippen molar-refractivity contribution in [2.24, 2.45) is 11.8 Å². The van der Waals surface area contributed by atoms with Gasteiger partial charge in [-0.2, -0.15) is 0 Å². The van der Waals surface area contributed by atoms with Crippen LogP contribution in [-0.2, 0) is 4.79 Å². The third-order valence-corrected chi connectivity index (χ3v) is 5.26. The molecule has 1 heteroatoms. The zero-order valence-corrected chi connectivity index (χ0v) is 13.1. The number of rotatable bonds is 4. The van der Waals surface area contributed by atoms with Crippen molar-refractivity contribution in [2.45, 2.75) is 58.3 Å². The van der Waals surface area contributed by atoms with Crippen LogP contribution < -0.4 is 0 Å². The molecule has 0 bridgehead atoms. The quantitative estimate of drug-likeness (QED) is 0.721. The molecule has 112 valence electrons. The monoisotopic (exact) mass is 282 g/mol. The Morgan fingerprint density at radius 3 is 2.43 bits per heavy atom. The summed E-state index contributed by atoms with van der Waals surface area (Å²) in [6.45, 7) is 2.18. The molecule has 0 spiro atoms. The van der Waals surface area contributed by atoms with E-state index in [2.05, 4.69) is 37.3 Å². The van der Waals surface area contributed by atoms with Gasteiger partial charge in [-0.05, 0) is 48.3 Å². The minimum absolute atomic E-state index is 0.280. The van der Waals surface area contributed by atoms with Gasteiger partial charge in [0.05, 0.1) is 0 Å². The van der Waals surface area contributed by atoms with E-state index in [4.69, 9.17) is 0 Å². The molecule has 0 amide bonds. The summed E-state index contributed by atoms with van der Waals surface area (Å²) < 4.78 is 0. The van der Waals surface area contributed by atoms with E-state index in [-0.39, 0.29) is 5.92 Å². The second-order valence-electron chi connectivity index (χ2n) is 6.65. The molecule has 1 unspecified atom stereocenters. The maximum Gasteiger partial charge on any atom is 0.162 e. The van der Waals surface area contributed by atoms with Gasteiger partial charge in [0.1, 0.15) is 0 Å². The standard InChI is InChI=1S/C20H26O/c1-2-9-17-18(15-10-5-3-6-11-15)14-19(20(17)21)16-12-7-4-8-13-16/h3,5-6,10-11,16,19H,2,4,7-9,12-14H2,1H3. The average Bonchev–Trinajstić information content (AvgIpc) is 2.87. The Balaban J connectivity index is 1.87. The van der Waals surface area contributed by atoms with Crippen LogP contribution in [0.25, 0.3) is 5.57 Å². The lowest BCUT2D eigenvalue weighted by molar-refractivity contribution is -0.120. The molecule has 1 nitrogen and oxygen atoms in total. The van der Waals surface area contributed by atoms with Crippen molar-refractivity contribution < 1.29 is 4.79 Å². The second-order valence-corrected chi connectivity index (χ2v) is 6.65. The Labute approximate surface area is 128 Å². The van der Waals surface area contributed by atoms with E-state index >= 15 is 0 Å². The number of carbonyl (C=O) groups excluding carboxylic acids is 1. The normalized spacial score (nSPS) is 23.9. The number of benzene rings is 1. The van der Waals surface area contributed by atoms with Crippen LogP contribution in [0, 0.1) is 11.8 Å². The maximum atomic E-state index is 12.9. The molecular formula is C20H26O. The molecule has 2 aliphatic rings. The highest BCUT2D eigenvalue weighted by molar-refractivity contribution is 6.08. The average molecular weight is 282 g/mol. The molecule has 1 saturated carbocycles. The zero-order valence-electron chi connectivity index (χ0n) is 13.1. The van der Waals surface area contributed by atoms with Crippen molar-refractivity contribution in [1.29, 1.82) is 0 Å². The van der Waals surface area contributed by atoms with E-state index in [9.17, 15) is 4.79 Å². The summed E-state index contributed by atoms with van der Waals surface area (Å²) in [5.74, 6) is 1.39. The maximum absolute atomic E-state index is 12.9. The Morgan fingerprint density at radius 1 is 1.05 bits per heavy atom. The molecular weight excluding hydrogens is 256 g/mol. The summed E-state index contributed by atoms with van der Waals surface area (Å²) in [5, 5.41) is 0. The van der Waals surface area contributed by atoms with Gasteiger partial charge in [0, 0.05) is 5.92 Å². The van der Waals surface area contributed by atoms with Gasteiger partial charge in [-0.25, -0.2) is 0 Å². The molecule has 0 aromatic heterocycles. The summed E-state index contributed by atoms with van der Waals surface area (Å²) in [4.78, 5) is 12.9. The summed E-state index contributed by atoms with van der Waals surface area (Å²) in [5.41, 5.74) is 3.75. The molecule has 1 atom stereocenters. The molecule has 3 rings (SSSR count). The van der Waals surface area contributed by atoms with E-state index in [1.54, 1.807) is 0 Å². The summed E-state index contributed by atoms with van der Waals surface area (Å²) >= 11 is 0. The first kappa shape index (κ1) is 14.6. The first-order chi connectivity index (χ1) is 10.3. The van der Waals surface area contributed by atoms with E-state index < -0.39 is 0 Å². The first-order valence-electron chi connectivity index (χ1n) is 8.63. The predicted molar refractivity (Wildman–Crippen MR) is 88.0 cm³/mol. The summed E-state index contributed by atoms with van der Waals surface area (Å²) in [7, 11) is 0. The highest BCUT2D eigenvalue weighted by atomic mass is 16.1. The van der Waals surface area contributed by atoms with Crippen molar-refractivity contribution in [3.63, 3.8) is 0 Å². The smallest absolute Gasteiger partial charge is 0.162 e. The van der Waals surface area contributed by atoms with Gasteiger partial charge in [0.15, 0.2) is 5.78 Å². The van der Waals surface area contributed by atoms with Gasteiger partial charge in [-0.15, -0.1) is 0 Å². The van der Waals surface area contributed by atoms with Crippen LogP contribution in [-0.4, -0.2) is 5.78 Å². The Bertz CT molecular complexity index is 520. The van der Waals surface area contributed by atoms with Crippen LogP contribution in [0.5, 0.6) is 0 Å². The van der Waals surface area contributed by atoms with Gasteiger partial charge in [0.2, 0.25) is 0 Å². The fourth-order valence-corrected chi connectivity index (χ4v) is 4.18. The number of hydrogen-bond acceptors (Lipinski definition) is 1. The molecule has 0 N–H and O–H groups in total. The van der Waals surface area contributed by atoms with Crippen molar-refractivity contribution in [1.82, 2.24) is 0 Å². The van der Waals surface area contributed by atoms with Crippen molar-refractivity contribution in [2.75, 3.05) is 0 Å². The van der Waals surface area contributed by atoms with E-state index in [0.717, 1.165) is 24.8 Å². The molecule has 0 radical (unpaired) electrons. The van der Waals surface area contributed by atoms with Crippen LogP contribution in [0.2, 0.25) is 0 Å². The highest BCUT2D eigenvalue weighted by Gasteiger charge is 2.37. The molecule has 2 aliphatic carbocycles. The third-order valence-electron chi connectivity index (χ3n) is 5.26. The van der Waals surface area contributed by atoms with Gasteiger partial charge >= 0.3 is 0 Å². The predicted octanol–water partition coefficient (Wildman–Crippen LogP) is 5.41. The van der Waals surface area contributed by atoms with Gasteiger partial charge in [-0.1, -0.05) is 62.9 Å². The van der Waals surface area contributed by atoms with Crippen LogP contribution in [0.4, 0.5) is 0 Å². The largest absolute Gasteiger partial charge is 0.294 e. The van der Waals surface area contributed by atoms with Crippen LogP contribution >= 0.6 is 0 Å². The lowest BCUT2D eigenvalue weighted by Gasteiger charge is -2.26. The summed E-state index contributed by atoms with van der Waals surface area (Å²) in [6.07, 6.45) is 9.52. The lowest BCUT2D eigenvalue weighted by Crippen LogP contribution is -2.23. The molecule has 0 heterocycles. The second kappa shape index (κ2) is 6.60. The topological polar surface area (TPSA) is 17.1 Å². The van der Waals surface area contributed by atoms with Gasteiger partial charge in [-0.3, -0.25) is 4.79 Å². The molecule has 1 aromatic carbocycles. The fourth-order valence-electron chi connectivity index (χ4n) is 4.18. The Hall–Kier alpha value is -1.37. The number of carbonyl (C=O) groups is 1. The van der Waals surface area contributed by atoms with Gasteiger partial charge < -0.3 is 0 Å². The minimum atomic E-state index is 0.280. The lowest BCUT2D eigenvalue weighted by atomic mass is 9.77. The molecule has 1 aromatic rings. The van der Waals surface area contributed by atoms with Crippen LogP contribution in [0.1, 0.15) is 63.9 Å².